The first-order valence-electron chi connectivity index (χ1n) is 5.81. The summed E-state index contributed by atoms with van der Waals surface area (Å²) in [5, 5.41) is 13.5. The van der Waals surface area contributed by atoms with Crippen LogP contribution in [0.4, 0.5) is 5.69 Å². The molecule has 1 aromatic carbocycles. The van der Waals surface area contributed by atoms with Gasteiger partial charge in [0.15, 0.2) is 9.84 Å². The number of benzene rings is 1. The van der Waals surface area contributed by atoms with E-state index in [0.29, 0.717) is 13.0 Å². The fourth-order valence-corrected chi connectivity index (χ4v) is 4.16. The monoisotopic (exact) mass is 340 g/mol. The second-order valence-electron chi connectivity index (χ2n) is 4.38. The van der Waals surface area contributed by atoms with Crippen LogP contribution in [0.3, 0.4) is 0 Å². The molecule has 1 heterocycles. The molecule has 1 aliphatic heterocycles. The molecule has 1 unspecified atom stereocenters. The average Bonchev–Trinajstić information content (AvgIpc) is 2.39. The van der Waals surface area contributed by atoms with Crippen molar-refractivity contribution in [3.8, 4) is 0 Å². The van der Waals surface area contributed by atoms with Crippen molar-refractivity contribution in [3.63, 3.8) is 0 Å². The van der Waals surface area contributed by atoms with E-state index in [4.69, 9.17) is 11.6 Å². The summed E-state index contributed by atoms with van der Waals surface area (Å²) in [5.74, 6) is 0. The maximum atomic E-state index is 12.4. The Bertz CT molecular complexity index is 600. The van der Waals surface area contributed by atoms with E-state index in [9.17, 15) is 18.5 Å². The Morgan fingerprint density at radius 2 is 2.10 bits per heavy atom. The first kappa shape index (κ1) is 17.2. The molecule has 0 radical (unpaired) electrons. The molecule has 1 atom stereocenters. The molecule has 0 bridgehead atoms. The van der Waals surface area contributed by atoms with Crippen LogP contribution in [0, 0.1) is 10.1 Å². The minimum Gasteiger partial charge on any atom is -0.315 e. The molecule has 0 spiro atoms. The lowest BCUT2D eigenvalue weighted by Crippen LogP contribution is -2.38. The smallest absolute Gasteiger partial charge is 0.289 e. The van der Waals surface area contributed by atoms with Gasteiger partial charge >= 0.3 is 0 Å². The van der Waals surface area contributed by atoms with Crippen LogP contribution in [0.5, 0.6) is 0 Å². The summed E-state index contributed by atoms with van der Waals surface area (Å²) < 4.78 is 24.9. The van der Waals surface area contributed by atoms with Crippen LogP contribution in [0.2, 0.25) is 5.02 Å². The van der Waals surface area contributed by atoms with Crippen molar-refractivity contribution in [3.05, 3.63) is 33.3 Å². The van der Waals surface area contributed by atoms with Crippen LogP contribution in [0.15, 0.2) is 23.1 Å². The molecule has 2 rings (SSSR count). The molecular formula is C11H14Cl2N2O4S. The van der Waals surface area contributed by atoms with Crippen molar-refractivity contribution in [1.82, 2.24) is 5.32 Å². The van der Waals surface area contributed by atoms with Gasteiger partial charge in [0.25, 0.3) is 5.69 Å². The minimum atomic E-state index is -3.72. The van der Waals surface area contributed by atoms with Gasteiger partial charge in [-0.05, 0) is 31.5 Å². The zero-order chi connectivity index (χ0) is 14.0. The van der Waals surface area contributed by atoms with Gasteiger partial charge in [0.2, 0.25) is 0 Å². The number of halogens is 2. The lowest BCUT2D eigenvalue weighted by atomic mass is 10.2. The Hall–Kier alpha value is -0.890. The third-order valence-electron chi connectivity index (χ3n) is 3.11. The van der Waals surface area contributed by atoms with Crippen LogP contribution in [0.25, 0.3) is 0 Å². The Morgan fingerprint density at radius 1 is 1.40 bits per heavy atom. The maximum absolute atomic E-state index is 12.4. The molecule has 1 saturated heterocycles. The van der Waals surface area contributed by atoms with Gasteiger partial charge in [0, 0.05) is 17.6 Å². The Kier molecular flexibility index (Phi) is 5.76. The van der Waals surface area contributed by atoms with Gasteiger partial charge in [0.05, 0.1) is 10.2 Å². The van der Waals surface area contributed by atoms with E-state index in [0.717, 1.165) is 19.0 Å². The van der Waals surface area contributed by atoms with Crippen LogP contribution in [-0.4, -0.2) is 31.7 Å². The average molecular weight is 341 g/mol. The molecular weight excluding hydrogens is 327 g/mol. The molecule has 0 amide bonds. The highest BCUT2D eigenvalue weighted by molar-refractivity contribution is 7.92. The third kappa shape index (κ3) is 3.41. The van der Waals surface area contributed by atoms with Crippen molar-refractivity contribution in [2.24, 2.45) is 0 Å². The van der Waals surface area contributed by atoms with Gasteiger partial charge in [0.1, 0.15) is 4.90 Å². The fourth-order valence-electron chi connectivity index (χ4n) is 2.14. The van der Waals surface area contributed by atoms with E-state index < -0.39 is 25.7 Å². The SMILES string of the molecule is Cl.O=[N+]([O-])c1cc(Cl)ccc1S(=O)(=O)C1CCCNC1. The molecule has 0 aliphatic carbocycles. The van der Waals surface area contributed by atoms with Crippen molar-refractivity contribution in [2.75, 3.05) is 13.1 Å². The second-order valence-corrected chi connectivity index (χ2v) is 7.02. The predicted molar refractivity (Wildman–Crippen MR) is 78.4 cm³/mol. The number of nitro benzene ring substituents is 1. The van der Waals surface area contributed by atoms with Crippen molar-refractivity contribution < 1.29 is 13.3 Å². The first-order chi connectivity index (χ1) is 8.93. The molecule has 6 nitrogen and oxygen atoms in total. The van der Waals surface area contributed by atoms with Gasteiger partial charge < -0.3 is 5.32 Å². The zero-order valence-electron chi connectivity index (χ0n) is 10.4. The van der Waals surface area contributed by atoms with E-state index in [1.807, 2.05) is 0 Å². The lowest BCUT2D eigenvalue weighted by Gasteiger charge is -2.22. The summed E-state index contributed by atoms with van der Waals surface area (Å²) in [4.78, 5) is 10.0. The summed E-state index contributed by atoms with van der Waals surface area (Å²) in [6.07, 6.45) is 1.25. The van der Waals surface area contributed by atoms with Gasteiger partial charge in [-0.15, -0.1) is 12.4 Å². The normalized spacial score (nSPS) is 19.1. The lowest BCUT2D eigenvalue weighted by molar-refractivity contribution is -0.387. The number of hydrogen-bond donors (Lipinski definition) is 1. The van der Waals surface area contributed by atoms with Crippen LogP contribution >= 0.6 is 24.0 Å². The summed E-state index contributed by atoms with van der Waals surface area (Å²) in [5.41, 5.74) is -0.460. The molecule has 1 aromatic rings. The van der Waals surface area contributed by atoms with Gasteiger partial charge in [-0.1, -0.05) is 11.6 Å². The molecule has 20 heavy (non-hydrogen) atoms. The van der Waals surface area contributed by atoms with E-state index in [1.165, 1.54) is 12.1 Å². The van der Waals surface area contributed by atoms with Crippen molar-refractivity contribution in [2.45, 2.75) is 23.0 Å². The number of nitrogens with one attached hydrogen (secondary N) is 1. The number of piperidine rings is 1. The molecule has 1 N–H and O–H groups in total. The van der Waals surface area contributed by atoms with E-state index in [2.05, 4.69) is 5.32 Å². The Morgan fingerprint density at radius 3 is 2.65 bits per heavy atom. The topological polar surface area (TPSA) is 89.3 Å². The first-order valence-corrected chi connectivity index (χ1v) is 7.74. The fraction of sp³-hybridized carbons (Fsp3) is 0.455. The molecule has 0 aromatic heterocycles. The van der Waals surface area contributed by atoms with Crippen molar-refractivity contribution >= 4 is 39.5 Å². The molecule has 9 heteroatoms. The number of hydrogen-bond acceptors (Lipinski definition) is 5. The van der Waals surface area contributed by atoms with Gasteiger partial charge in [-0.2, -0.15) is 0 Å². The van der Waals surface area contributed by atoms with Crippen LogP contribution in [-0.2, 0) is 9.84 Å². The van der Waals surface area contributed by atoms with E-state index in [1.54, 1.807) is 0 Å². The predicted octanol–water partition coefficient (Wildman–Crippen LogP) is 2.20. The van der Waals surface area contributed by atoms with Crippen LogP contribution < -0.4 is 5.32 Å². The zero-order valence-corrected chi connectivity index (χ0v) is 12.8. The summed E-state index contributed by atoms with van der Waals surface area (Å²) in [7, 11) is -3.72. The number of nitro groups is 1. The molecule has 1 fully saturated rings. The number of nitrogens with zero attached hydrogens (tertiary/aromatic N) is 1. The summed E-state index contributed by atoms with van der Waals surface area (Å²) in [6, 6.07) is 3.65. The standard InChI is InChI=1S/C11H13ClN2O4S.ClH/c12-8-3-4-11(10(6-8)14(15)16)19(17,18)9-2-1-5-13-7-9;/h3-4,6,9,13H,1-2,5,7H2;1H. The van der Waals surface area contributed by atoms with E-state index >= 15 is 0 Å². The molecule has 0 saturated carbocycles. The Labute approximate surface area is 128 Å². The van der Waals surface area contributed by atoms with Gasteiger partial charge in [-0.25, -0.2) is 8.42 Å². The van der Waals surface area contributed by atoms with Crippen molar-refractivity contribution in [1.29, 1.82) is 0 Å². The Balaban J connectivity index is 0.00000200. The largest absolute Gasteiger partial charge is 0.315 e. The minimum absolute atomic E-state index is 0. The second kappa shape index (κ2) is 6.71. The third-order valence-corrected chi connectivity index (χ3v) is 5.59. The highest BCUT2D eigenvalue weighted by Crippen LogP contribution is 2.31. The summed E-state index contributed by atoms with van der Waals surface area (Å²) in [6.45, 7) is 1.09. The highest BCUT2D eigenvalue weighted by Gasteiger charge is 2.34. The molecule has 112 valence electrons. The number of sulfone groups is 1. The molecule has 1 aliphatic rings. The summed E-state index contributed by atoms with van der Waals surface area (Å²) >= 11 is 5.69. The highest BCUT2D eigenvalue weighted by atomic mass is 35.5. The van der Waals surface area contributed by atoms with Crippen LogP contribution in [0.1, 0.15) is 12.8 Å². The van der Waals surface area contributed by atoms with Gasteiger partial charge in [-0.3, -0.25) is 10.1 Å². The quantitative estimate of drug-likeness (QED) is 0.672. The number of rotatable bonds is 3. The maximum Gasteiger partial charge on any atom is 0.289 e. The van der Waals surface area contributed by atoms with E-state index in [-0.39, 0.29) is 22.3 Å².